The molecule has 126 valence electrons. The van der Waals surface area contributed by atoms with E-state index < -0.39 is 6.10 Å². The first-order valence-corrected chi connectivity index (χ1v) is 8.50. The van der Waals surface area contributed by atoms with Crippen LogP contribution >= 0.6 is 0 Å². The number of benzene rings is 3. The van der Waals surface area contributed by atoms with Gasteiger partial charge in [-0.1, -0.05) is 97.6 Å². The normalized spacial score (nSPS) is 13.2. The molecule has 0 aromatic heterocycles. The van der Waals surface area contributed by atoms with Gasteiger partial charge >= 0.3 is 0 Å². The monoisotopic (exact) mass is 329 g/mol. The summed E-state index contributed by atoms with van der Waals surface area (Å²) in [5.41, 5.74) is 3.97. The van der Waals surface area contributed by atoms with E-state index >= 15 is 0 Å². The van der Waals surface area contributed by atoms with Crippen LogP contribution < -0.4 is 5.32 Å². The summed E-state index contributed by atoms with van der Waals surface area (Å²) in [7, 11) is 0. The van der Waals surface area contributed by atoms with Gasteiger partial charge in [0.25, 0.3) is 0 Å². The first-order valence-electron chi connectivity index (χ1n) is 8.50. The average molecular weight is 329 g/mol. The predicted molar refractivity (Wildman–Crippen MR) is 104 cm³/mol. The molecule has 0 saturated heterocycles. The molecule has 3 aromatic rings. The zero-order valence-corrected chi connectivity index (χ0v) is 14.2. The third kappa shape index (κ3) is 4.44. The lowest BCUT2D eigenvalue weighted by molar-refractivity contribution is 0.150. The Bertz CT molecular complexity index is 784. The summed E-state index contributed by atoms with van der Waals surface area (Å²) >= 11 is 0. The fourth-order valence-corrected chi connectivity index (χ4v) is 2.92. The Morgan fingerprint density at radius 3 is 1.92 bits per heavy atom. The van der Waals surface area contributed by atoms with E-state index in [1.807, 2.05) is 78.9 Å². The van der Waals surface area contributed by atoms with Crippen molar-refractivity contribution in [1.29, 1.82) is 0 Å². The van der Waals surface area contributed by atoms with Gasteiger partial charge in [-0.25, -0.2) is 0 Å². The molecule has 0 heterocycles. The maximum Gasteiger partial charge on any atom is 0.0984 e. The third-order valence-corrected chi connectivity index (χ3v) is 4.35. The van der Waals surface area contributed by atoms with Crippen molar-refractivity contribution in [2.24, 2.45) is 0 Å². The highest BCUT2D eigenvalue weighted by molar-refractivity contribution is 5.68. The summed E-state index contributed by atoms with van der Waals surface area (Å²) in [5, 5.41) is 14.4. The second kappa shape index (κ2) is 8.43. The molecule has 0 bridgehead atoms. The van der Waals surface area contributed by atoms with E-state index in [1.165, 1.54) is 5.56 Å². The van der Waals surface area contributed by atoms with Gasteiger partial charge in [-0.2, -0.15) is 0 Å². The van der Waals surface area contributed by atoms with E-state index in [4.69, 9.17) is 0 Å². The van der Waals surface area contributed by atoms with E-state index in [9.17, 15) is 5.11 Å². The predicted octanol–water partition coefficient (Wildman–Crippen LogP) is 4.59. The number of aliphatic hydroxyl groups is 1. The third-order valence-electron chi connectivity index (χ3n) is 4.35. The summed E-state index contributed by atoms with van der Waals surface area (Å²) in [5.74, 6) is 0. The van der Waals surface area contributed by atoms with Crippen LogP contribution in [0, 0.1) is 0 Å². The summed E-state index contributed by atoms with van der Waals surface area (Å²) in [6, 6.07) is 29.7. The Morgan fingerprint density at radius 1 is 0.800 bits per heavy atom. The van der Waals surface area contributed by atoms with Gasteiger partial charge in [-0.3, -0.25) is 0 Å². The highest BCUT2D eigenvalue weighted by Gasteiger charge is 2.24. The number of rotatable bonds is 7. The molecule has 0 aliphatic heterocycles. The van der Waals surface area contributed by atoms with Gasteiger partial charge in [-0.15, -0.1) is 0 Å². The molecule has 0 spiro atoms. The molecule has 2 N–H and O–H groups in total. The fourth-order valence-electron chi connectivity index (χ4n) is 2.92. The van der Waals surface area contributed by atoms with Crippen molar-refractivity contribution >= 4 is 5.57 Å². The van der Waals surface area contributed by atoms with Crippen molar-refractivity contribution < 1.29 is 5.11 Å². The van der Waals surface area contributed by atoms with Crippen LogP contribution in [0.4, 0.5) is 0 Å². The first kappa shape index (κ1) is 17.2. The average Bonchev–Trinajstić information content (AvgIpc) is 2.70. The van der Waals surface area contributed by atoms with Crippen LogP contribution in [0.25, 0.3) is 5.57 Å². The fraction of sp³-hybridized carbons (Fsp3) is 0.130. The minimum Gasteiger partial charge on any atom is -0.386 e. The molecule has 0 radical (unpaired) electrons. The van der Waals surface area contributed by atoms with Crippen LogP contribution in [0.1, 0.15) is 22.8 Å². The minimum absolute atomic E-state index is 0.273. The van der Waals surface area contributed by atoms with Gasteiger partial charge in [0, 0.05) is 6.54 Å². The molecular formula is C23H23NO. The standard InChI is InChI=1S/C23H23NO/c1-18(20-13-7-3-8-14-20)22(23(25)21-15-9-4-10-16-21)24-17-19-11-5-2-6-12-19/h2-16,22-25H,1,17H2/t22?,23-/m0/s1. The van der Waals surface area contributed by atoms with Crippen molar-refractivity contribution in [1.82, 2.24) is 5.32 Å². The maximum atomic E-state index is 11.0. The SMILES string of the molecule is C=C(c1ccccc1)C(NCc1ccccc1)[C@@H](O)c1ccccc1. The molecule has 25 heavy (non-hydrogen) atoms. The van der Waals surface area contributed by atoms with E-state index in [0.29, 0.717) is 6.54 Å². The van der Waals surface area contributed by atoms with Crippen molar-refractivity contribution in [3.63, 3.8) is 0 Å². The first-order chi connectivity index (χ1) is 12.3. The minimum atomic E-state index is -0.669. The zero-order chi connectivity index (χ0) is 17.5. The Kier molecular flexibility index (Phi) is 5.78. The van der Waals surface area contributed by atoms with Crippen LogP contribution in [0.15, 0.2) is 97.6 Å². The molecular weight excluding hydrogens is 306 g/mol. The molecule has 0 fully saturated rings. The second-order valence-corrected chi connectivity index (χ2v) is 6.09. The number of hydrogen-bond donors (Lipinski definition) is 2. The number of nitrogens with one attached hydrogen (secondary N) is 1. The van der Waals surface area contributed by atoms with Gasteiger partial charge in [0.2, 0.25) is 0 Å². The van der Waals surface area contributed by atoms with Crippen molar-refractivity contribution in [2.75, 3.05) is 0 Å². The van der Waals surface area contributed by atoms with Gasteiger partial charge in [0.05, 0.1) is 12.1 Å². The molecule has 0 aliphatic rings. The molecule has 0 amide bonds. The molecule has 3 rings (SSSR count). The number of hydrogen-bond acceptors (Lipinski definition) is 2. The Morgan fingerprint density at radius 2 is 1.32 bits per heavy atom. The molecule has 2 heteroatoms. The van der Waals surface area contributed by atoms with E-state index in [-0.39, 0.29) is 6.04 Å². The van der Waals surface area contributed by atoms with Crippen LogP contribution in [-0.2, 0) is 6.54 Å². The van der Waals surface area contributed by atoms with Crippen molar-refractivity contribution in [3.05, 3.63) is 114 Å². The summed E-state index contributed by atoms with van der Waals surface area (Å²) in [6.07, 6.45) is -0.669. The molecule has 3 aromatic carbocycles. The van der Waals surface area contributed by atoms with Crippen molar-refractivity contribution in [2.45, 2.75) is 18.7 Å². The van der Waals surface area contributed by atoms with E-state index in [2.05, 4.69) is 24.0 Å². The van der Waals surface area contributed by atoms with Crippen molar-refractivity contribution in [3.8, 4) is 0 Å². The molecule has 0 aliphatic carbocycles. The quantitative estimate of drug-likeness (QED) is 0.664. The largest absolute Gasteiger partial charge is 0.386 e. The van der Waals surface area contributed by atoms with Crippen LogP contribution in [0.3, 0.4) is 0 Å². The molecule has 2 atom stereocenters. The lowest BCUT2D eigenvalue weighted by Crippen LogP contribution is -2.35. The summed E-state index contributed by atoms with van der Waals surface area (Å²) in [4.78, 5) is 0. The van der Waals surface area contributed by atoms with Crippen LogP contribution in [-0.4, -0.2) is 11.1 Å². The smallest absolute Gasteiger partial charge is 0.0984 e. The highest BCUT2D eigenvalue weighted by atomic mass is 16.3. The molecule has 2 nitrogen and oxygen atoms in total. The molecule has 1 unspecified atom stereocenters. The van der Waals surface area contributed by atoms with Crippen LogP contribution in [0.2, 0.25) is 0 Å². The van der Waals surface area contributed by atoms with Gasteiger partial charge in [-0.05, 0) is 22.3 Å². The van der Waals surface area contributed by atoms with Crippen LogP contribution in [0.5, 0.6) is 0 Å². The maximum absolute atomic E-state index is 11.0. The van der Waals surface area contributed by atoms with E-state index in [1.54, 1.807) is 0 Å². The molecule has 0 saturated carbocycles. The van der Waals surface area contributed by atoms with E-state index in [0.717, 1.165) is 16.7 Å². The summed E-state index contributed by atoms with van der Waals surface area (Å²) < 4.78 is 0. The Labute approximate surface area is 149 Å². The van der Waals surface area contributed by atoms with Gasteiger partial charge in [0.15, 0.2) is 0 Å². The Balaban J connectivity index is 1.84. The Hall–Kier alpha value is -2.68. The second-order valence-electron chi connectivity index (χ2n) is 6.09. The van der Waals surface area contributed by atoms with Gasteiger partial charge in [0.1, 0.15) is 0 Å². The topological polar surface area (TPSA) is 32.3 Å². The zero-order valence-electron chi connectivity index (χ0n) is 14.2. The summed E-state index contributed by atoms with van der Waals surface area (Å²) in [6.45, 7) is 4.93. The number of aliphatic hydroxyl groups excluding tert-OH is 1. The lowest BCUT2D eigenvalue weighted by Gasteiger charge is -2.27. The highest BCUT2D eigenvalue weighted by Crippen LogP contribution is 2.27. The van der Waals surface area contributed by atoms with Gasteiger partial charge < -0.3 is 10.4 Å². The lowest BCUT2D eigenvalue weighted by atomic mass is 9.92.